The van der Waals surface area contributed by atoms with Gasteiger partial charge in [0.05, 0.1) is 6.10 Å². The molecule has 0 saturated carbocycles. The van der Waals surface area contributed by atoms with E-state index < -0.39 is 6.10 Å². The van der Waals surface area contributed by atoms with E-state index >= 15 is 0 Å². The number of carbonyl (C=O) groups excluding carboxylic acids is 1. The van der Waals surface area contributed by atoms with Gasteiger partial charge in [-0.3, -0.25) is 4.79 Å². The topological polar surface area (TPSA) is 65.1 Å². The molecule has 1 atom stereocenters. The minimum atomic E-state index is -0.656. The van der Waals surface area contributed by atoms with E-state index in [0.717, 1.165) is 16.8 Å². The highest BCUT2D eigenvalue weighted by molar-refractivity contribution is 7.07. The normalized spacial score (nSPS) is 12.4. The summed E-state index contributed by atoms with van der Waals surface area (Å²) in [4.78, 5) is 14.9. The summed E-state index contributed by atoms with van der Waals surface area (Å²) in [6, 6.07) is 3.77. The van der Waals surface area contributed by atoms with E-state index in [9.17, 15) is 9.90 Å². The van der Waals surface area contributed by atoms with Gasteiger partial charge in [0.15, 0.2) is 0 Å². The van der Waals surface area contributed by atoms with Crippen LogP contribution in [0.25, 0.3) is 0 Å². The molecular formula is C13H16N2O2S. The molecule has 0 aliphatic rings. The summed E-state index contributed by atoms with van der Waals surface area (Å²) in [7, 11) is 0. The molecule has 1 amide bonds. The average Bonchev–Trinajstić information content (AvgIpc) is 2.95. The predicted octanol–water partition coefficient (Wildman–Crippen LogP) is 2.16. The average molecular weight is 264 g/mol. The van der Waals surface area contributed by atoms with Crippen molar-refractivity contribution in [1.82, 2.24) is 10.3 Å². The molecular weight excluding hydrogens is 248 g/mol. The number of nitrogens with one attached hydrogen (secondary N) is 2. The highest BCUT2D eigenvalue weighted by Gasteiger charge is 2.14. The standard InChI is InChI=1S/C13H16N2O2S/c1-8-5-9(2)15-12(8)13(17)14-6-11(16)10-3-4-18-7-10/h3-5,7,11,15-16H,6H2,1-2H3,(H,14,17). The van der Waals surface area contributed by atoms with Crippen LogP contribution in [0.5, 0.6) is 0 Å². The van der Waals surface area contributed by atoms with E-state index in [1.165, 1.54) is 11.3 Å². The summed E-state index contributed by atoms with van der Waals surface area (Å²) in [5, 5.41) is 16.4. The quantitative estimate of drug-likeness (QED) is 0.792. The molecule has 5 heteroatoms. The molecule has 2 heterocycles. The molecule has 4 nitrogen and oxygen atoms in total. The van der Waals surface area contributed by atoms with E-state index in [2.05, 4.69) is 10.3 Å². The molecule has 0 aliphatic heterocycles. The molecule has 2 aromatic heterocycles. The van der Waals surface area contributed by atoms with Gasteiger partial charge in [0.25, 0.3) is 5.91 Å². The van der Waals surface area contributed by atoms with E-state index in [1.54, 1.807) is 0 Å². The highest BCUT2D eigenvalue weighted by Crippen LogP contribution is 2.15. The smallest absolute Gasteiger partial charge is 0.268 e. The SMILES string of the molecule is Cc1cc(C)c(C(=O)NCC(O)c2ccsc2)[nH]1. The van der Waals surface area contributed by atoms with Gasteiger partial charge in [-0.2, -0.15) is 11.3 Å². The fourth-order valence-electron chi connectivity index (χ4n) is 1.82. The zero-order valence-corrected chi connectivity index (χ0v) is 11.2. The van der Waals surface area contributed by atoms with Crippen LogP contribution in [0.15, 0.2) is 22.9 Å². The van der Waals surface area contributed by atoms with Crippen molar-refractivity contribution in [3.63, 3.8) is 0 Å². The number of aliphatic hydroxyl groups excluding tert-OH is 1. The molecule has 2 aromatic rings. The number of carbonyl (C=O) groups is 1. The lowest BCUT2D eigenvalue weighted by Crippen LogP contribution is -2.29. The second kappa shape index (κ2) is 5.37. The van der Waals surface area contributed by atoms with Gasteiger partial charge in [-0.1, -0.05) is 0 Å². The Labute approximate surface area is 110 Å². The molecule has 0 spiro atoms. The number of aromatic amines is 1. The number of amides is 1. The lowest BCUT2D eigenvalue weighted by molar-refractivity contribution is 0.0911. The number of aliphatic hydroxyl groups is 1. The van der Waals surface area contributed by atoms with Crippen LogP contribution >= 0.6 is 11.3 Å². The van der Waals surface area contributed by atoms with Crippen LogP contribution in [-0.4, -0.2) is 22.5 Å². The van der Waals surface area contributed by atoms with Gasteiger partial charge in [0.1, 0.15) is 5.69 Å². The second-order valence-electron chi connectivity index (χ2n) is 4.29. The lowest BCUT2D eigenvalue weighted by Gasteiger charge is -2.10. The largest absolute Gasteiger partial charge is 0.387 e. The number of aromatic nitrogens is 1. The van der Waals surface area contributed by atoms with Crippen LogP contribution in [0.1, 0.15) is 33.4 Å². The van der Waals surface area contributed by atoms with Crippen LogP contribution in [0.2, 0.25) is 0 Å². The Morgan fingerprint density at radius 3 is 2.89 bits per heavy atom. The van der Waals surface area contributed by atoms with Gasteiger partial charge in [-0.15, -0.1) is 0 Å². The lowest BCUT2D eigenvalue weighted by atomic mass is 10.2. The van der Waals surface area contributed by atoms with Crippen LogP contribution < -0.4 is 5.32 Å². The van der Waals surface area contributed by atoms with Gasteiger partial charge in [0, 0.05) is 12.2 Å². The molecule has 0 bridgehead atoms. The first kappa shape index (κ1) is 12.9. The van der Waals surface area contributed by atoms with Gasteiger partial charge in [-0.05, 0) is 47.9 Å². The van der Waals surface area contributed by atoms with Crippen molar-refractivity contribution >= 4 is 17.2 Å². The molecule has 0 fully saturated rings. The number of thiophene rings is 1. The maximum atomic E-state index is 11.9. The number of rotatable bonds is 4. The predicted molar refractivity (Wildman–Crippen MR) is 71.9 cm³/mol. The third-order valence-electron chi connectivity index (χ3n) is 2.76. The monoisotopic (exact) mass is 264 g/mol. The Morgan fingerprint density at radius 2 is 2.33 bits per heavy atom. The zero-order chi connectivity index (χ0) is 13.1. The zero-order valence-electron chi connectivity index (χ0n) is 10.4. The minimum Gasteiger partial charge on any atom is -0.387 e. The van der Waals surface area contributed by atoms with Crippen LogP contribution in [0.4, 0.5) is 0 Å². The maximum Gasteiger partial charge on any atom is 0.268 e. The number of hydrogen-bond donors (Lipinski definition) is 3. The fraction of sp³-hybridized carbons (Fsp3) is 0.308. The molecule has 0 radical (unpaired) electrons. The third kappa shape index (κ3) is 2.80. The molecule has 0 aromatic carbocycles. The summed E-state index contributed by atoms with van der Waals surface area (Å²) in [5.41, 5.74) is 3.26. The van der Waals surface area contributed by atoms with Gasteiger partial charge >= 0.3 is 0 Å². The summed E-state index contributed by atoms with van der Waals surface area (Å²) in [6.45, 7) is 4.00. The van der Waals surface area contributed by atoms with E-state index in [0.29, 0.717) is 5.69 Å². The second-order valence-corrected chi connectivity index (χ2v) is 5.07. The van der Waals surface area contributed by atoms with Gasteiger partial charge < -0.3 is 15.4 Å². The Balaban J connectivity index is 1.94. The summed E-state index contributed by atoms with van der Waals surface area (Å²) >= 11 is 1.53. The van der Waals surface area contributed by atoms with E-state index in [4.69, 9.17) is 0 Å². The Hall–Kier alpha value is -1.59. The van der Waals surface area contributed by atoms with E-state index in [1.807, 2.05) is 36.7 Å². The fourth-order valence-corrected chi connectivity index (χ4v) is 2.53. The minimum absolute atomic E-state index is 0.185. The van der Waals surface area contributed by atoms with Crippen LogP contribution in [-0.2, 0) is 0 Å². The number of hydrogen-bond acceptors (Lipinski definition) is 3. The first-order valence-corrected chi connectivity index (χ1v) is 6.67. The van der Waals surface area contributed by atoms with Crippen molar-refractivity contribution in [2.24, 2.45) is 0 Å². The molecule has 3 N–H and O–H groups in total. The molecule has 0 saturated heterocycles. The first-order valence-electron chi connectivity index (χ1n) is 5.72. The molecule has 2 rings (SSSR count). The van der Waals surface area contributed by atoms with E-state index in [-0.39, 0.29) is 12.5 Å². The Kier molecular flexibility index (Phi) is 3.84. The summed E-state index contributed by atoms with van der Waals surface area (Å²) in [6.07, 6.45) is -0.656. The number of H-pyrrole nitrogens is 1. The van der Waals surface area contributed by atoms with Crippen molar-refractivity contribution in [2.75, 3.05) is 6.54 Å². The van der Waals surface area contributed by atoms with Crippen molar-refractivity contribution in [3.05, 3.63) is 45.4 Å². The van der Waals surface area contributed by atoms with Crippen molar-refractivity contribution in [2.45, 2.75) is 20.0 Å². The van der Waals surface area contributed by atoms with Crippen LogP contribution in [0.3, 0.4) is 0 Å². The highest BCUT2D eigenvalue weighted by atomic mass is 32.1. The van der Waals surface area contributed by atoms with Crippen LogP contribution in [0, 0.1) is 13.8 Å². The molecule has 96 valence electrons. The van der Waals surface area contributed by atoms with Crippen molar-refractivity contribution < 1.29 is 9.90 Å². The first-order chi connectivity index (χ1) is 8.58. The van der Waals surface area contributed by atoms with Gasteiger partial charge in [0.2, 0.25) is 0 Å². The molecule has 1 unspecified atom stereocenters. The molecule has 0 aliphatic carbocycles. The Morgan fingerprint density at radius 1 is 1.56 bits per heavy atom. The summed E-state index contributed by atoms with van der Waals surface area (Å²) in [5.74, 6) is -0.185. The molecule has 18 heavy (non-hydrogen) atoms. The number of aryl methyl sites for hydroxylation is 2. The Bertz CT molecular complexity index is 531. The third-order valence-corrected chi connectivity index (χ3v) is 3.46. The van der Waals surface area contributed by atoms with Crippen molar-refractivity contribution in [3.8, 4) is 0 Å². The summed E-state index contributed by atoms with van der Waals surface area (Å²) < 4.78 is 0. The van der Waals surface area contributed by atoms with Gasteiger partial charge in [-0.25, -0.2) is 0 Å². The maximum absolute atomic E-state index is 11.9. The van der Waals surface area contributed by atoms with Crippen molar-refractivity contribution in [1.29, 1.82) is 0 Å².